The van der Waals surface area contributed by atoms with Crippen LogP contribution in [-0.4, -0.2) is 39.1 Å². The number of esters is 1. The van der Waals surface area contributed by atoms with Crippen LogP contribution in [0.4, 0.5) is 0 Å². The van der Waals surface area contributed by atoms with E-state index in [1.54, 1.807) is 6.92 Å². The quantitative estimate of drug-likeness (QED) is 0.380. The maximum absolute atomic E-state index is 12.7. The lowest BCUT2D eigenvalue weighted by molar-refractivity contribution is -0.144. The number of rotatable bonds is 8. The highest BCUT2D eigenvalue weighted by Gasteiger charge is 2.24. The van der Waals surface area contributed by atoms with Gasteiger partial charge in [-0.3, -0.25) is 4.99 Å². The molecule has 2 aromatic carbocycles. The van der Waals surface area contributed by atoms with Crippen molar-refractivity contribution < 1.29 is 9.53 Å². The highest BCUT2D eigenvalue weighted by Crippen LogP contribution is 2.16. The summed E-state index contributed by atoms with van der Waals surface area (Å²) >= 11 is 3.26. The van der Waals surface area contributed by atoms with Gasteiger partial charge in [0.15, 0.2) is 6.04 Å². The van der Waals surface area contributed by atoms with Gasteiger partial charge in [0.25, 0.3) is 0 Å². The third-order valence-corrected chi connectivity index (χ3v) is 4.50. The smallest absolute Gasteiger partial charge is 0.331 e. The van der Waals surface area contributed by atoms with Crippen LogP contribution in [0.15, 0.2) is 77.0 Å². The molecule has 148 valence electrons. The van der Waals surface area contributed by atoms with Crippen molar-refractivity contribution in [2.75, 3.05) is 6.61 Å². The summed E-state index contributed by atoms with van der Waals surface area (Å²) in [6.45, 7) is 5.78. The van der Waals surface area contributed by atoms with E-state index in [0.29, 0.717) is 16.3 Å². The van der Waals surface area contributed by atoms with Gasteiger partial charge in [-0.2, -0.15) is 0 Å². The summed E-state index contributed by atoms with van der Waals surface area (Å²) in [5.41, 5.74) is 2.55. The minimum Gasteiger partial charge on any atom is -0.464 e. The molecule has 0 saturated carbocycles. The number of aliphatic imine (C=N–C) groups is 1. The van der Waals surface area contributed by atoms with Crippen molar-refractivity contribution in [3.8, 4) is 0 Å². The summed E-state index contributed by atoms with van der Waals surface area (Å²) in [4.78, 5) is 21.9. The van der Waals surface area contributed by atoms with Gasteiger partial charge in [0.2, 0.25) is 4.73 Å². The maximum Gasteiger partial charge on any atom is 0.331 e. The molecule has 0 N–H and O–H groups in total. The van der Waals surface area contributed by atoms with E-state index in [4.69, 9.17) is 9.73 Å². The Hall–Kier alpha value is -3.06. The van der Waals surface area contributed by atoms with E-state index in [1.165, 1.54) is 10.9 Å². The van der Waals surface area contributed by atoms with Crippen LogP contribution in [0.25, 0.3) is 6.20 Å². The van der Waals surface area contributed by atoms with Gasteiger partial charge >= 0.3 is 5.97 Å². The summed E-state index contributed by atoms with van der Waals surface area (Å²) in [7, 11) is 0. The van der Waals surface area contributed by atoms with Crippen LogP contribution in [0.2, 0.25) is 0 Å². The molecule has 1 aromatic heterocycles. The van der Waals surface area contributed by atoms with Crippen LogP contribution in [0.5, 0.6) is 0 Å². The Morgan fingerprint density at radius 3 is 2.28 bits per heavy atom. The van der Waals surface area contributed by atoms with E-state index in [1.807, 2.05) is 60.7 Å². The molecule has 3 aromatic rings. The zero-order valence-corrected chi connectivity index (χ0v) is 17.6. The first kappa shape index (κ1) is 20.7. The van der Waals surface area contributed by atoms with Crippen molar-refractivity contribution >= 4 is 33.8 Å². The fraction of sp³-hybridized carbons (Fsp3) is 0.182. The molecule has 0 unspecified atom stereocenters. The fourth-order valence-electron chi connectivity index (χ4n) is 2.87. The lowest BCUT2D eigenvalue weighted by Gasteiger charge is -2.15. The van der Waals surface area contributed by atoms with E-state index in [9.17, 15) is 4.79 Å². The minimum atomic E-state index is -0.778. The van der Waals surface area contributed by atoms with Gasteiger partial charge in [0, 0.05) is 23.7 Å². The van der Waals surface area contributed by atoms with Crippen LogP contribution in [0.1, 0.15) is 23.9 Å². The fourth-order valence-corrected chi connectivity index (χ4v) is 3.24. The normalized spacial score (nSPS) is 11.5. The number of carbonyl (C=O) groups excluding carboxylic acids is 1. The molecule has 0 radical (unpaired) electrons. The first-order chi connectivity index (χ1) is 14.1. The van der Waals surface area contributed by atoms with Crippen LogP contribution in [-0.2, 0) is 16.0 Å². The summed E-state index contributed by atoms with van der Waals surface area (Å²) in [5.74, 6) is 0.153. The Kier molecular flexibility index (Phi) is 7.08. The number of nitrogens with zero attached hydrogens (tertiary/aromatic N) is 4. The first-order valence-corrected chi connectivity index (χ1v) is 10.0. The molecule has 3 rings (SSSR count). The van der Waals surface area contributed by atoms with Crippen LogP contribution in [0, 0.1) is 0 Å². The highest BCUT2D eigenvalue weighted by atomic mass is 79.9. The van der Waals surface area contributed by atoms with E-state index in [2.05, 4.69) is 32.6 Å². The van der Waals surface area contributed by atoms with Crippen molar-refractivity contribution in [2.45, 2.75) is 19.4 Å². The molecule has 0 aliphatic heterocycles. The van der Waals surface area contributed by atoms with Crippen LogP contribution < -0.4 is 0 Å². The Bertz CT molecular complexity index is 959. The van der Waals surface area contributed by atoms with Crippen molar-refractivity contribution in [3.05, 3.63) is 88.9 Å². The molecule has 7 heteroatoms. The summed E-state index contributed by atoms with van der Waals surface area (Å²) < 4.78 is 7.23. The molecule has 0 amide bonds. The number of ether oxygens (including phenoxy) is 1. The molecule has 0 bridgehead atoms. The SMILES string of the molecule is C=Cn1nc(Br)nc1C[C@H](N=C(c1ccccc1)c1ccccc1)C(=O)OCC. The van der Waals surface area contributed by atoms with Gasteiger partial charge in [-0.15, -0.1) is 5.10 Å². The van der Waals surface area contributed by atoms with Gasteiger partial charge in [-0.1, -0.05) is 67.2 Å². The Morgan fingerprint density at radius 1 is 1.17 bits per heavy atom. The molecule has 0 spiro atoms. The van der Waals surface area contributed by atoms with Crippen LogP contribution in [0.3, 0.4) is 0 Å². The molecule has 1 atom stereocenters. The van der Waals surface area contributed by atoms with Crippen molar-refractivity contribution in [1.29, 1.82) is 0 Å². The molecule has 0 aliphatic carbocycles. The van der Waals surface area contributed by atoms with E-state index >= 15 is 0 Å². The molecular weight excluding hydrogens is 432 g/mol. The van der Waals surface area contributed by atoms with Crippen LogP contribution >= 0.6 is 15.9 Å². The van der Waals surface area contributed by atoms with Gasteiger partial charge in [-0.25, -0.2) is 14.5 Å². The number of hydrogen-bond acceptors (Lipinski definition) is 5. The van der Waals surface area contributed by atoms with E-state index < -0.39 is 12.0 Å². The average Bonchev–Trinajstić information content (AvgIpc) is 3.11. The summed E-state index contributed by atoms with van der Waals surface area (Å²) in [6, 6.07) is 18.8. The summed E-state index contributed by atoms with van der Waals surface area (Å²) in [5, 5.41) is 4.19. The lowest BCUT2D eigenvalue weighted by atomic mass is 10.0. The number of benzene rings is 2. The third-order valence-electron chi connectivity index (χ3n) is 4.16. The second kappa shape index (κ2) is 9.93. The molecule has 0 aliphatic rings. The Morgan fingerprint density at radius 2 is 1.76 bits per heavy atom. The summed E-state index contributed by atoms with van der Waals surface area (Å²) in [6.07, 6.45) is 1.76. The van der Waals surface area contributed by atoms with Gasteiger partial charge in [-0.05, 0) is 22.9 Å². The minimum absolute atomic E-state index is 0.229. The van der Waals surface area contributed by atoms with E-state index in [0.717, 1.165) is 11.1 Å². The first-order valence-electron chi connectivity index (χ1n) is 9.21. The number of aromatic nitrogens is 3. The second-order valence-electron chi connectivity index (χ2n) is 6.11. The average molecular weight is 453 g/mol. The third kappa shape index (κ3) is 5.26. The predicted octanol–water partition coefficient (Wildman–Crippen LogP) is 4.15. The van der Waals surface area contributed by atoms with Gasteiger partial charge < -0.3 is 4.74 Å². The highest BCUT2D eigenvalue weighted by molar-refractivity contribution is 9.10. The molecule has 29 heavy (non-hydrogen) atoms. The largest absolute Gasteiger partial charge is 0.464 e. The molecule has 0 fully saturated rings. The number of halogens is 1. The zero-order chi connectivity index (χ0) is 20.6. The van der Waals surface area contributed by atoms with Crippen molar-refractivity contribution in [1.82, 2.24) is 14.8 Å². The van der Waals surface area contributed by atoms with Gasteiger partial charge in [0.1, 0.15) is 5.82 Å². The van der Waals surface area contributed by atoms with Gasteiger partial charge in [0.05, 0.1) is 12.3 Å². The topological polar surface area (TPSA) is 69.4 Å². The monoisotopic (exact) mass is 452 g/mol. The predicted molar refractivity (Wildman–Crippen MR) is 117 cm³/mol. The number of carbonyl (C=O) groups is 1. The van der Waals surface area contributed by atoms with Crippen molar-refractivity contribution in [3.63, 3.8) is 0 Å². The molecule has 1 heterocycles. The molecule has 0 saturated heterocycles. The zero-order valence-electron chi connectivity index (χ0n) is 16.0. The van der Waals surface area contributed by atoms with Crippen molar-refractivity contribution in [2.24, 2.45) is 4.99 Å². The second-order valence-corrected chi connectivity index (χ2v) is 6.82. The number of hydrogen-bond donors (Lipinski definition) is 0. The maximum atomic E-state index is 12.7. The van der Waals surface area contributed by atoms with E-state index in [-0.39, 0.29) is 13.0 Å². The molecular formula is C22H21BrN4O2. The standard InChI is InChI=1S/C22H21BrN4O2/c1-3-27-19(25-22(23)26-27)15-18(21(28)29-4-2)24-20(16-11-7-5-8-12-16)17-13-9-6-10-14-17/h3,5-14,18H,1,4,15H2,2H3/t18-/m0/s1. The Labute approximate surface area is 178 Å². The molecule has 6 nitrogen and oxygen atoms in total. The lowest BCUT2D eigenvalue weighted by Crippen LogP contribution is -2.27. The Balaban J connectivity index is 2.07.